The number of hydrogen-bond donors (Lipinski definition) is 3. The van der Waals surface area contributed by atoms with E-state index in [1.807, 2.05) is 36.4 Å². The highest BCUT2D eigenvalue weighted by Crippen LogP contribution is 2.38. The topological polar surface area (TPSA) is 112 Å². The lowest BCUT2D eigenvalue weighted by Gasteiger charge is -2.32. The van der Waals surface area contributed by atoms with Crippen LogP contribution in [0.5, 0.6) is 0 Å². The molecule has 1 aliphatic heterocycles. The number of nitrogens with zero attached hydrogens (tertiary/aromatic N) is 4. The van der Waals surface area contributed by atoms with Crippen molar-refractivity contribution in [1.82, 2.24) is 20.3 Å². The Labute approximate surface area is 219 Å². The summed E-state index contributed by atoms with van der Waals surface area (Å²) in [6.07, 6.45) is 3.22. The highest BCUT2D eigenvalue weighted by atomic mass is 32.1. The molecule has 1 amide bonds. The van der Waals surface area contributed by atoms with E-state index in [4.69, 9.17) is 19.8 Å². The van der Waals surface area contributed by atoms with Gasteiger partial charge in [-0.3, -0.25) is 4.98 Å². The highest BCUT2D eigenvalue weighted by Gasteiger charge is 2.25. The summed E-state index contributed by atoms with van der Waals surface area (Å²) in [5.41, 5.74) is 3.16. The zero-order valence-corrected chi connectivity index (χ0v) is 21.3. The van der Waals surface area contributed by atoms with E-state index >= 15 is 0 Å². The first-order valence-electron chi connectivity index (χ1n) is 12.5. The van der Waals surface area contributed by atoms with Crippen LogP contribution >= 0.6 is 11.3 Å². The van der Waals surface area contributed by atoms with Gasteiger partial charge < -0.3 is 25.4 Å². The molecule has 3 N–H and O–H groups in total. The average molecular weight is 519 g/mol. The number of amides is 1. The fraction of sp³-hybridized carbons (Fsp3) is 0.333. The monoisotopic (exact) mass is 518 g/mol. The van der Waals surface area contributed by atoms with E-state index < -0.39 is 6.09 Å². The van der Waals surface area contributed by atoms with Crippen molar-refractivity contribution in [2.24, 2.45) is 5.92 Å². The largest absolute Gasteiger partial charge is 0.449 e. The lowest BCUT2D eigenvalue weighted by atomic mass is 9.99. The van der Waals surface area contributed by atoms with Gasteiger partial charge in [-0.2, -0.15) is 4.98 Å². The van der Waals surface area contributed by atoms with Gasteiger partial charge >= 0.3 is 6.09 Å². The number of aliphatic hydroxyl groups is 1. The zero-order valence-electron chi connectivity index (χ0n) is 20.5. The number of carbonyl (C=O) groups is 1. The van der Waals surface area contributed by atoms with Crippen LogP contribution < -0.4 is 15.5 Å². The molecule has 0 radical (unpaired) electrons. The molecule has 1 saturated heterocycles. The minimum atomic E-state index is -0.503. The van der Waals surface area contributed by atoms with E-state index in [2.05, 4.69) is 38.0 Å². The Morgan fingerprint density at radius 3 is 2.84 bits per heavy atom. The summed E-state index contributed by atoms with van der Waals surface area (Å²) in [6, 6.07) is 16.2. The van der Waals surface area contributed by atoms with Gasteiger partial charge in [-0.25, -0.2) is 9.78 Å². The predicted molar refractivity (Wildman–Crippen MR) is 146 cm³/mol. The second kappa shape index (κ2) is 12.0. The van der Waals surface area contributed by atoms with Crippen LogP contribution in [-0.4, -0.2) is 59.0 Å². The third-order valence-corrected chi connectivity index (χ3v) is 7.17. The molecule has 10 heteroatoms. The smallest absolute Gasteiger partial charge is 0.407 e. The molecule has 3 aromatic heterocycles. The van der Waals surface area contributed by atoms with Crippen molar-refractivity contribution in [3.63, 3.8) is 0 Å². The second-order valence-corrected chi connectivity index (χ2v) is 9.80. The number of pyridine rings is 1. The molecule has 0 aliphatic carbocycles. The minimum absolute atomic E-state index is 0.114. The molecule has 192 valence electrons. The number of hydrogen-bond acceptors (Lipinski definition) is 9. The van der Waals surface area contributed by atoms with Gasteiger partial charge in [0.05, 0.1) is 30.8 Å². The number of anilines is 2. The van der Waals surface area contributed by atoms with Crippen molar-refractivity contribution in [1.29, 1.82) is 0 Å². The van der Waals surface area contributed by atoms with Crippen LogP contribution in [0.2, 0.25) is 0 Å². The van der Waals surface area contributed by atoms with Crippen LogP contribution in [0.15, 0.2) is 60.1 Å². The molecule has 0 bridgehead atoms. The number of rotatable bonds is 9. The van der Waals surface area contributed by atoms with Crippen LogP contribution in [0.25, 0.3) is 21.3 Å². The number of piperidine rings is 1. The number of carbonyl (C=O) groups excluding carboxylic acids is 1. The summed E-state index contributed by atoms with van der Waals surface area (Å²) in [5.74, 6) is 1.64. The number of aliphatic hydroxyl groups excluding tert-OH is 1. The van der Waals surface area contributed by atoms with Crippen molar-refractivity contribution in [3.8, 4) is 11.1 Å². The fourth-order valence-electron chi connectivity index (χ4n) is 4.49. The Kier molecular flexibility index (Phi) is 8.07. The van der Waals surface area contributed by atoms with Crippen LogP contribution in [0, 0.1) is 5.92 Å². The SMILES string of the molecule is O=C(NCCO)OCC1CCCN(c2nc(NCc3ccccn3)c3c(-c4ccccc4)csc3n2)C1. The van der Waals surface area contributed by atoms with Gasteiger partial charge in [0.15, 0.2) is 0 Å². The summed E-state index contributed by atoms with van der Waals surface area (Å²) >= 11 is 1.61. The first kappa shape index (κ1) is 24.9. The van der Waals surface area contributed by atoms with Gasteiger partial charge in [-0.15, -0.1) is 11.3 Å². The van der Waals surface area contributed by atoms with E-state index in [0.29, 0.717) is 25.6 Å². The minimum Gasteiger partial charge on any atom is -0.449 e. The summed E-state index contributed by atoms with van der Waals surface area (Å²) in [6.45, 7) is 2.49. The fourth-order valence-corrected chi connectivity index (χ4v) is 5.43. The Bertz CT molecular complexity index is 1320. The predicted octanol–water partition coefficient (Wildman–Crippen LogP) is 4.30. The molecule has 5 rings (SSSR count). The van der Waals surface area contributed by atoms with Gasteiger partial charge in [0.1, 0.15) is 10.6 Å². The maximum Gasteiger partial charge on any atom is 0.407 e. The Hall–Kier alpha value is -3.76. The van der Waals surface area contributed by atoms with Crippen molar-refractivity contribution in [3.05, 3.63) is 65.8 Å². The number of nitrogens with one attached hydrogen (secondary N) is 2. The van der Waals surface area contributed by atoms with E-state index in [1.165, 1.54) is 0 Å². The van der Waals surface area contributed by atoms with Gasteiger partial charge in [-0.1, -0.05) is 36.4 Å². The first-order valence-corrected chi connectivity index (χ1v) is 13.3. The Morgan fingerprint density at radius 1 is 1.16 bits per heavy atom. The molecule has 1 aliphatic rings. The van der Waals surface area contributed by atoms with Crippen LogP contribution in [0.1, 0.15) is 18.5 Å². The quantitative estimate of drug-likeness (QED) is 0.301. The van der Waals surface area contributed by atoms with E-state index in [0.717, 1.165) is 52.2 Å². The van der Waals surface area contributed by atoms with Crippen molar-refractivity contribution in [2.45, 2.75) is 19.4 Å². The van der Waals surface area contributed by atoms with Gasteiger partial charge in [0.25, 0.3) is 0 Å². The molecule has 9 nitrogen and oxygen atoms in total. The third-order valence-electron chi connectivity index (χ3n) is 6.30. The molecule has 0 saturated carbocycles. The van der Waals surface area contributed by atoms with Crippen LogP contribution in [-0.2, 0) is 11.3 Å². The molecule has 37 heavy (non-hydrogen) atoms. The van der Waals surface area contributed by atoms with Crippen LogP contribution in [0.3, 0.4) is 0 Å². The Morgan fingerprint density at radius 2 is 2.03 bits per heavy atom. The molecule has 1 fully saturated rings. The third kappa shape index (κ3) is 6.15. The molecular formula is C27H30N6O3S. The molecule has 0 spiro atoms. The second-order valence-electron chi connectivity index (χ2n) is 8.95. The lowest BCUT2D eigenvalue weighted by molar-refractivity contribution is 0.120. The van der Waals surface area contributed by atoms with Crippen molar-refractivity contribution in [2.75, 3.05) is 43.1 Å². The number of alkyl carbamates (subject to hydrolysis) is 1. The van der Waals surface area contributed by atoms with Gasteiger partial charge in [-0.05, 0) is 30.5 Å². The number of benzene rings is 1. The number of fused-ring (bicyclic) bond motifs is 1. The summed E-state index contributed by atoms with van der Waals surface area (Å²) in [4.78, 5) is 29.3. The first-order chi connectivity index (χ1) is 18.2. The molecule has 4 heterocycles. The normalized spacial score (nSPS) is 15.5. The molecule has 1 unspecified atom stereocenters. The maximum atomic E-state index is 11.8. The summed E-state index contributed by atoms with van der Waals surface area (Å²) in [7, 11) is 0. The van der Waals surface area contributed by atoms with Crippen molar-refractivity contribution >= 4 is 39.4 Å². The highest BCUT2D eigenvalue weighted by molar-refractivity contribution is 7.17. The van der Waals surface area contributed by atoms with E-state index in [1.54, 1.807) is 17.5 Å². The van der Waals surface area contributed by atoms with Gasteiger partial charge in [0, 0.05) is 42.7 Å². The summed E-state index contributed by atoms with van der Waals surface area (Å²) in [5, 5.41) is 18.1. The number of aromatic nitrogens is 3. The number of ether oxygens (including phenoxy) is 1. The van der Waals surface area contributed by atoms with Crippen molar-refractivity contribution < 1.29 is 14.6 Å². The standard InChI is InChI=1S/C27H30N6O3S/c34-14-12-29-27(35)36-17-19-7-6-13-33(16-19)26-31-24(30-15-21-10-4-5-11-28-21)23-22(18-37-25(23)32-26)20-8-2-1-3-9-20/h1-5,8-11,18-19,34H,6-7,12-17H2,(H,29,35)(H,30,31,32). The number of thiophene rings is 1. The van der Waals surface area contributed by atoms with Gasteiger partial charge in [0.2, 0.25) is 5.95 Å². The van der Waals surface area contributed by atoms with E-state index in [-0.39, 0.29) is 19.1 Å². The lowest BCUT2D eigenvalue weighted by Crippen LogP contribution is -2.39. The molecule has 1 aromatic carbocycles. The summed E-state index contributed by atoms with van der Waals surface area (Å²) < 4.78 is 5.36. The molecular weight excluding hydrogens is 488 g/mol. The Balaban J connectivity index is 1.40. The molecule has 1 atom stereocenters. The van der Waals surface area contributed by atoms with Crippen LogP contribution in [0.4, 0.5) is 16.6 Å². The maximum absolute atomic E-state index is 11.8. The average Bonchev–Trinajstić information content (AvgIpc) is 3.39. The zero-order chi connectivity index (χ0) is 25.5. The van der Waals surface area contributed by atoms with E-state index in [9.17, 15) is 4.79 Å². The molecule has 4 aromatic rings.